The second-order valence-electron chi connectivity index (χ2n) is 9.64. The van der Waals surface area contributed by atoms with Crippen molar-refractivity contribution in [1.82, 2.24) is 25.1 Å². The van der Waals surface area contributed by atoms with Gasteiger partial charge in [-0.15, -0.1) is 21.5 Å². The Balaban J connectivity index is 1.24. The molecule has 0 saturated heterocycles. The molecule has 0 fully saturated rings. The highest BCUT2D eigenvalue weighted by Gasteiger charge is 2.33. The van der Waals surface area contributed by atoms with Gasteiger partial charge in [0.25, 0.3) is 11.8 Å². The molecular formula is C31H27FN6O4S2. The van der Waals surface area contributed by atoms with Crippen LogP contribution in [0.2, 0.25) is 0 Å². The van der Waals surface area contributed by atoms with Crippen LogP contribution in [0, 0.1) is 5.82 Å². The number of hydrogen-bond acceptors (Lipinski definition) is 9. The molecule has 0 unspecified atom stereocenters. The minimum Gasteiger partial charge on any atom is -0.494 e. The molecular weight excluding hydrogens is 604 g/mol. The molecule has 0 saturated carbocycles. The maximum absolute atomic E-state index is 13.7. The van der Waals surface area contributed by atoms with Gasteiger partial charge in [0.05, 0.1) is 41.8 Å². The molecule has 6 rings (SSSR count). The van der Waals surface area contributed by atoms with Gasteiger partial charge in [0, 0.05) is 12.1 Å². The van der Waals surface area contributed by atoms with Gasteiger partial charge in [-0.05, 0) is 72.5 Å². The average molecular weight is 631 g/mol. The largest absolute Gasteiger partial charge is 0.494 e. The van der Waals surface area contributed by atoms with Crippen molar-refractivity contribution in [2.24, 2.45) is 5.10 Å². The highest BCUT2D eigenvalue weighted by Crippen LogP contribution is 2.35. The SMILES string of the molecule is CCOc1ccc(-n2c(CNC(=O)c3ccco3)nnc2SCC(=O)N2N=C(c3cccs3)C[C@H]2c2ccc(F)cc2)cc1. The van der Waals surface area contributed by atoms with Gasteiger partial charge in [-0.25, -0.2) is 9.40 Å². The molecule has 0 spiro atoms. The Morgan fingerprint density at radius 2 is 1.91 bits per heavy atom. The van der Waals surface area contributed by atoms with E-state index in [4.69, 9.17) is 14.3 Å². The quantitative estimate of drug-likeness (QED) is 0.182. The number of ether oxygens (including phenoxy) is 1. The first kappa shape index (κ1) is 29.3. The molecule has 4 heterocycles. The third-order valence-corrected chi connectivity index (χ3v) is 8.64. The Morgan fingerprint density at radius 1 is 1.09 bits per heavy atom. The minimum absolute atomic E-state index is 0.0207. The van der Waals surface area contributed by atoms with E-state index in [1.807, 2.05) is 48.7 Å². The molecule has 13 heteroatoms. The van der Waals surface area contributed by atoms with E-state index >= 15 is 0 Å². The van der Waals surface area contributed by atoms with E-state index in [9.17, 15) is 14.0 Å². The molecule has 0 aliphatic carbocycles. The number of aromatic nitrogens is 3. The zero-order valence-corrected chi connectivity index (χ0v) is 25.2. The number of amides is 2. The van der Waals surface area contributed by atoms with Gasteiger partial charge in [0.15, 0.2) is 16.7 Å². The van der Waals surface area contributed by atoms with Crippen LogP contribution in [0.5, 0.6) is 5.75 Å². The Labute approximate surface area is 260 Å². The van der Waals surface area contributed by atoms with Crippen LogP contribution >= 0.6 is 23.1 Å². The third kappa shape index (κ3) is 6.43. The zero-order chi connectivity index (χ0) is 30.5. The summed E-state index contributed by atoms with van der Waals surface area (Å²) in [5.41, 5.74) is 2.34. The number of benzene rings is 2. The van der Waals surface area contributed by atoms with Crippen LogP contribution in [0.4, 0.5) is 4.39 Å². The van der Waals surface area contributed by atoms with Gasteiger partial charge in [-0.2, -0.15) is 5.10 Å². The van der Waals surface area contributed by atoms with Gasteiger partial charge >= 0.3 is 0 Å². The molecule has 2 amide bonds. The Hall–Kier alpha value is -4.75. The lowest BCUT2D eigenvalue weighted by Gasteiger charge is -2.22. The molecule has 1 N–H and O–H groups in total. The standard InChI is InChI=1S/C31H27FN6O4S2/c1-2-41-23-13-11-22(12-14-23)37-28(18-33-30(40)26-5-3-15-42-26)34-35-31(37)44-19-29(39)38-25(20-7-9-21(32)10-8-20)17-24(36-38)27-6-4-16-43-27/h3-16,25H,2,17-19H2,1H3,(H,33,40)/t25-/m0/s1. The first-order valence-electron chi connectivity index (χ1n) is 13.8. The molecule has 0 radical (unpaired) electrons. The third-order valence-electron chi connectivity index (χ3n) is 6.81. The van der Waals surface area contributed by atoms with Crippen molar-refractivity contribution in [3.8, 4) is 11.4 Å². The van der Waals surface area contributed by atoms with Crippen molar-refractivity contribution in [2.75, 3.05) is 12.4 Å². The van der Waals surface area contributed by atoms with Gasteiger partial charge in [-0.3, -0.25) is 14.2 Å². The Bertz CT molecular complexity index is 1750. The Morgan fingerprint density at radius 3 is 2.61 bits per heavy atom. The van der Waals surface area contributed by atoms with Gasteiger partial charge in [0.1, 0.15) is 11.6 Å². The van der Waals surface area contributed by atoms with Crippen LogP contribution in [-0.4, -0.2) is 49.7 Å². The lowest BCUT2D eigenvalue weighted by atomic mass is 10.0. The van der Waals surface area contributed by atoms with Gasteiger partial charge < -0.3 is 14.5 Å². The number of carbonyl (C=O) groups excluding carboxylic acids is 2. The smallest absolute Gasteiger partial charge is 0.287 e. The summed E-state index contributed by atoms with van der Waals surface area (Å²) in [4.78, 5) is 27.2. The maximum Gasteiger partial charge on any atom is 0.287 e. The number of rotatable bonds is 11. The number of hydrazone groups is 1. The van der Waals surface area contributed by atoms with E-state index in [0.29, 0.717) is 29.8 Å². The topological polar surface area (TPSA) is 115 Å². The van der Waals surface area contributed by atoms with Crippen molar-refractivity contribution < 1.29 is 23.1 Å². The Kier molecular flexibility index (Phi) is 8.84. The number of furan rings is 1. The number of nitrogens with zero attached hydrogens (tertiary/aromatic N) is 5. The zero-order valence-electron chi connectivity index (χ0n) is 23.6. The van der Waals surface area contributed by atoms with Crippen LogP contribution < -0.4 is 10.1 Å². The fourth-order valence-electron chi connectivity index (χ4n) is 4.75. The summed E-state index contributed by atoms with van der Waals surface area (Å²) in [7, 11) is 0. The molecule has 3 aromatic heterocycles. The lowest BCUT2D eigenvalue weighted by molar-refractivity contribution is -0.130. The van der Waals surface area contributed by atoms with E-state index in [1.165, 1.54) is 35.2 Å². The first-order chi connectivity index (χ1) is 21.5. The summed E-state index contributed by atoms with van der Waals surface area (Å²) < 4.78 is 26.3. The first-order valence-corrected chi connectivity index (χ1v) is 15.7. The number of nitrogens with one attached hydrogen (secondary N) is 1. The van der Waals surface area contributed by atoms with E-state index in [0.717, 1.165) is 21.8 Å². The van der Waals surface area contributed by atoms with Crippen molar-refractivity contribution in [2.45, 2.75) is 31.1 Å². The minimum atomic E-state index is -0.388. The predicted octanol–water partition coefficient (Wildman–Crippen LogP) is 5.86. The van der Waals surface area contributed by atoms with Crippen molar-refractivity contribution in [3.63, 3.8) is 0 Å². The molecule has 1 atom stereocenters. The number of halogens is 1. The van der Waals surface area contributed by atoms with Crippen LogP contribution in [0.3, 0.4) is 0 Å². The monoisotopic (exact) mass is 630 g/mol. The number of thiophene rings is 1. The van der Waals surface area contributed by atoms with Crippen LogP contribution in [0.1, 0.15) is 46.2 Å². The number of carbonyl (C=O) groups is 2. The second kappa shape index (κ2) is 13.3. The molecule has 0 bridgehead atoms. The molecule has 224 valence electrons. The van der Waals surface area contributed by atoms with Crippen LogP contribution in [-0.2, 0) is 11.3 Å². The highest BCUT2D eigenvalue weighted by atomic mass is 32.2. The molecule has 44 heavy (non-hydrogen) atoms. The summed E-state index contributed by atoms with van der Waals surface area (Å²) in [6.45, 7) is 2.51. The van der Waals surface area contributed by atoms with Crippen LogP contribution in [0.25, 0.3) is 5.69 Å². The van der Waals surface area contributed by atoms with E-state index in [-0.39, 0.29) is 41.7 Å². The second-order valence-corrected chi connectivity index (χ2v) is 11.5. The van der Waals surface area contributed by atoms with E-state index in [2.05, 4.69) is 15.5 Å². The summed E-state index contributed by atoms with van der Waals surface area (Å²) >= 11 is 2.77. The molecule has 1 aliphatic heterocycles. The summed E-state index contributed by atoms with van der Waals surface area (Å²) in [5, 5.41) is 20.1. The van der Waals surface area contributed by atoms with E-state index in [1.54, 1.807) is 40.2 Å². The van der Waals surface area contributed by atoms with Gasteiger partial charge in [0.2, 0.25) is 0 Å². The molecule has 5 aromatic rings. The van der Waals surface area contributed by atoms with Crippen molar-refractivity contribution in [3.05, 3.63) is 112 Å². The highest BCUT2D eigenvalue weighted by molar-refractivity contribution is 7.99. The summed E-state index contributed by atoms with van der Waals surface area (Å²) in [6.07, 6.45) is 1.95. The number of hydrogen-bond donors (Lipinski definition) is 1. The van der Waals surface area contributed by atoms with E-state index < -0.39 is 0 Å². The number of thioether (sulfide) groups is 1. The predicted molar refractivity (Wildman–Crippen MR) is 165 cm³/mol. The fourth-order valence-corrected chi connectivity index (χ4v) is 6.29. The fraction of sp³-hybridized carbons (Fsp3) is 0.194. The molecule has 10 nitrogen and oxygen atoms in total. The summed E-state index contributed by atoms with van der Waals surface area (Å²) in [6, 6.07) is 20.3. The summed E-state index contributed by atoms with van der Waals surface area (Å²) in [5.74, 6) is 0.414. The van der Waals surface area contributed by atoms with Gasteiger partial charge in [-0.1, -0.05) is 30.0 Å². The van der Waals surface area contributed by atoms with Crippen molar-refractivity contribution >= 4 is 40.6 Å². The normalized spacial score (nSPS) is 14.5. The van der Waals surface area contributed by atoms with Crippen LogP contribution in [0.15, 0.2) is 99.1 Å². The molecule has 2 aromatic carbocycles. The van der Waals surface area contributed by atoms with Crippen molar-refractivity contribution in [1.29, 1.82) is 0 Å². The maximum atomic E-state index is 13.7. The lowest BCUT2D eigenvalue weighted by Crippen LogP contribution is -2.28. The average Bonchev–Trinajstić information content (AvgIpc) is 3.86. The molecule has 1 aliphatic rings.